The molecule has 0 aliphatic heterocycles. The summed E-state index contributed by atoms with van der Waals surface area (Å²) in [6.45, 7) is 3.81. The minimum Gasteiger partial charge on any atom is -0.480 e. The number of halogens is 3. The first-order valence-electron chi connectivity index (χ1n) is 21.1. The van der Waals surface area contributed by atoms with Crippen molar-refractivity contribution in [2.24, 2.45) is 0 Å². The van der Waals surface area contributed by atoms with Crippen molar-refractivity contribution in [3.63, 3.8) is 0 Å². The molecule has 0 rings (SSSR count). The molecule has 0 unspecified atom stereocenters. The Morgan fingerprint density at radius 2 is 0.889 bits per heavy atom. The molecular formula is C41H74Cl3NO8S. The highest BCUT2D eigenvalue weighted by Crippen LogP contribution is 2.26. The number of amides is 1. The minimum atomic E-state index is -1.84. The number of hydrogen-bond donors (Lipinski definition) is 2. The average Bonchev–Trinajstić information content (AvgIpc) is 3.13. The molecule has 0 radical (unpaired) electrons. The van der Waals surface area contributed by atoms with E-state index in [4.69, 9.17) is 49.0 Å². The third-order valence-corrected chi connectivity index (χ3v) is 10.9. The topological polar surface area (TPSA) is 128 Å². The number of esters is 2. The summed E-state index contributed by atoms with van der Waals surface area (Å²) >= 11 is 17.9. The van der Waals surface area contributed by atoms with E-state index in [0.717, 1.165) is 50.3 Å². The number of carbonyl (C=O) groups excluding carboxylic acids is 3. The fourth-order valence-electron chi connectivity index (χ4n) is 5.97. The second-order valence-electron chi connectivity index (χ2n) is 14.5. The van der Waals surface area contributed by atoms with E-state index in [0.29, 0.717) is 12.8 Å². The van der Waals surface area contributed by atoms with Gasteiger partial charge in [-0.25, -0.2) is 9.59 Å². The summed E-state index contributed by atoms with van der Waals surface area (Å²) in [7, 11) is 0. The van der Waals surface area contributed by atoms with Crippen LogP contribution in [0.3, 0.4) is 0 Å². The number of aliphatic carboxylic acids is 1. The molecule has 9 nitrogen and oxygen atoms in total. The van der Waals surface area contributed by atoms with E-state index < -0.39 is 33.8 Å². The number of alkyl carbamates (subject to hydrolysis) is 1. The van der Waals surface area contributed by atoms with Crippen LogP contribution in [0.2, 0.25) is 0 Å². The van der Waals surface area contributed by atoms with E-state index in [-0.39, 0.29) is 30.9 Å². The Kier molecular flexibility index (Phi) is 36.7. The zero-order valence-corrected chi connectivity index (χ0v) is 36.7. The predicted octanol–water partition coefficient (Wildman–Crippen LogP) is 12.7. The summed E-state index contributed by atoms with van der Waals surface area (Å²) in [5.74, 6) is -2.09. The Morgan fingerprint density at radius 1 is 0.556 bits per heavy atom. The van der Waals surface area contributed by atoms with Crippen molar-refractivity contribution in [3.8, 4) is 0 Å². The molecule has 318 valence electrons. The van der Waals surface area contributed by atoms with Crippen LogP contribution in [0.25, 0.3) is 0 Å². The number of alkyl halides is 3. The third-order valence-electron chi connectivity index (χ3n) is 9.29. The molecule has 0 spiro atoms. The molecule has 0 fully saturated rings. The Bertz CT molecular complexity index is 895. The molecule has 1 atom stereocenters. The molecule has 2 N–H and O–H groups in total. The highest BCUT2D eigenvalue weighted by Gasteiger charge is 2.27. The molecule has 0 saturated heterocycles. The highest BCUT2D eigenvalue weighted by atomic mass is 35.6. The number of nitrogens with one attached hydrogen (secondary N) is 1. The van der Waals surface area contributed by atoms with Crippen LogP contribution in [0.15, 0.2) is 0 Å². The quantitative estimate of drug-likeness (QED) is 0.0270. The van der Waals surface area contributed by atoms with E-state index >= 15 is 0 Å². The Balaban J connectivity index is 4.56. The van der Waals surface area contributed by atoms with E-state index in [1.807, 2.05) is 0 Å². The maximum atomic E-state index is 12.5. The number of carboxylic acid groups (broad SMARTS) is 1. The van der Waals surface area contributed by atoms with E-state index in [2.05, 4.69) is 19.2 Å². The van der Waals surface area contributed by atoms with Gasteiger partial charge in [-0.1, -0.05) is 203 Å². The van der Waals surface area contributed by atoms with Gasteiger partial charge in [-0.3, -0.25) is 9.59 Å². The first-order chi connectivity index (χ1) is 26.0. The Labute approximate surface area is 347 Å². The first-order valence-corrected chi connectivity index (χ1v) is 23.3. The summed E-state index contributed by atoms with van der Waals surface area (Å²) in [6.07, 6.45) is 31.1. The molecule has 1 amide bonds. The highest BCUT2D eigenvalue weighted by molar-refractivity contribution is 8.00. The number of thioether (sulfide) groups is 1. The average molecular weight is 847 g/mol. The van der Waals surface area contributed by atoms with Crippen LogP contribution in [0.5, 0.6) is 0 Å². The summed E-state index contributed by atoms with van der Waals surface area (Å²) in [6, 6.07) is -1.34. The number of carboxylic acids is 1. The van der Waals surface area contributed by atoms with E-state index in [1.165, 1.54) is 128 Å². The lowest BCUT2D eigenvalue weighted by Crippen LogP contribution is -2.44. The minimum absolute atomic E-state index is 0.0575. The summed E-state index contributed by atoms with van der Waals surface area (Å²) in [5.41, 5.74) is 0. The molecule has 54 heavy (non-hydrogen) atoms. The van der Waals surface area contributed by atoms with Crippen molar-refractivity contribution >= 4 is 70.6 Å². The van der Waals surface area contributed by atoms with Crippen molar-refractivity contribution in [1.29, 1.82) is 0 Å². The molecular weight excluding hydrogens is 773 g/mol. The van der Waals surface area contributed by atoms with Gasteiger partial charge in [0.1, 0.15) is 25.9 Å². The summed E-state index contributed by atoms with van der Waals surface area (Å²) in [4.78, 5) is 49.0. The Morgan fingerprint density at radius 3 is 1.20 bits per heavy atom. The van der Waals surface area contributed by atoms with Crippen molar-refractivity contribution in [3.05, 3.63) is 0 Å². The van der Waals surface area contributed by atoms with Crippen LogP contribution < -0.4 is 5.32 Å². The number of carbonyl (C=O) groups is 4. The van der Waals surface area contributed by atoms with Gasteiger partial charge < -0.3 is 24.6 Å². The standard InChI is InChI=1S/C41H74Cl3NO8S/c1-3-5-7-9-11-13-15-17-19-21-23-25-27-29-37(46)51-31-35(54-33-36(39(48)49)45-40(50)53-34-41(42,43)44)32-52-38(47)30-28-26-24-22-20-18-16-14-12-10-8-6-4-2/h35-36H,3-34H2,1-2H3,(H,45,50)(H,48,49)/t36-/m0/s1. The van der Waals surface area contributed by atoms with Gasteiger partial charge in [-0.05, 0) is 12.8 Å². The molecule has 0 aliphatic carbocycles. The van der Waals surface area contributed by atoms with E-state index in [9.17, 15) is 24.3 Å². The zero-order valence-electron chi connectivity index (χ0n) is 33.6. The molecule has 13 heteroatoms. The van der Waals surface area contributed by atoms with Crippen molar-refractivity contribution < 1.29 is 38.5 Å². The van der Waals surface area contributed by atoms with Gasteiger partial charge in [-0.2, -0.15) is 0 Å². The van der Waals surface area contributed by atoms with Crippen LogP contribution in [0.1, 0.15) is 194 Å². The number of rotatable bonds is 38. The van der Waals surface area contributed by atoms with Crippen molar-refractivity contribution in [2.75, 3.05) is 25.6 Å². The summed E-state index contributed by atoms with van der Waals surface area (Å²) in [5, 5.41) is 11.4. The van der Waals surface area contributed by atoms with E-state index in [1.54, 1.807) is 0 Å². The third kappa shape index (κ3) is 37.8. The van der Waals surface area contributed by atoms with Gasteiger partial charge in [0.25, 0.3) is 0 Å². The van der Waals surface area contributed by atoms with Crippen molar-refractivity contribution in [2.45, 2.75) is 209 Å². The lowest BCUT2D eigenvalue weighted by Gasteiger charge is -2.20. The SMILES string of the molecule is CCCCCCCCCCCCCCCC(=O)OCC(COC(=O)CCCCCCCCCCCCCCC)SC[C@H](NC(=O)OCC(Cl)(Cl)Cl)C(=O)O. The molecule has 0 aliphatic rings. The molecule has 0 heterocycles. The first kappa shape index (κ1) is 52.9. The number of ether oxygens (including phenoxy) is 3. The maximum absolute atomic E-state index is 12.5. The normalized spacial score (nSPS) is 12.1. The van der Waals surface area contributed by atoms with Crippen LogP contribution in [0, 0.1) is 0 Å². The summed E-state index contributed by atoms with van der Waals surface area (Å²) < 4.78 is 14.0. The fraction of sp³-hybridized carbons (Fsp3) is 0.902. The van der Waals surface area contributed by atoms with Crippen LogP contribution in [0.4, 0.5) is 4.79 Å². The number of unbranched alkanes of at least 4 members (excludes halogenated alkanes) is 24. The molecule has 0 bridgehead atoms. The van der Waals surface area contributed by atoms with Gasteiger partial charge in [0.05, 0.1) is 5.25 Å². The molecule has 0 aromatic heterocycles. The van der Waals surface area contributed by atoms with Crippen LogP contribution in [-0.2, 0) is 28.6 Å². The van der Waals surface area contributed by atoms with Gasteiger partial charge >= 0.3 is 24.0 Å². The van der Waals surface area contributed by atoms with Gasteiger partial charge in [0, 0.05) is 18.6 Å². The predicted molar refractivity (Wildman–Crippen MR) is 225 cm³/mol. The van der Waals surface area contributed by atoms with Gasteiger partial charge in [0.2, 0.25) is 3.79 Å². The van der Waals surface area contributed by atoms with Crippen LogP contribution in [-0.4, -0.2) is 69.8 Å². The zero-order chi connectivity index (χ0) is 40.1. The lowest BCUT2D eigenvalue weighted by atomic mass is 10.0. The maximum Gasteiger partial charge on any atom is 0.408 e. The second kappa shape index (κ2) is 37.5. The second-order valence-corrected chi connectivity index (χ2v) is 18.4. The fourth-order valence-corrected chi connectivity index (χ4v) is 7.16. The van der Waals surface area contributed by atoms with Crippen LogP contribution >= 0.6 is 46.6 Å². The molecule has 0 saturated carbocycles. The smallest absolute Gasteiger partial charge is 0.408 e. The van der Waals surface area contributed by atoms with Gasteiger partial charge in [-0.15, -0.1) is 11.8 Å². The number of hydrogen-bond acceptors (Lipinski definition) is 8. The largest absolute Gasteiger partial charge is 0.480 e. The molecule has 0 aromatic rings. The Hall–Kier alpha value is -1.10. The lowest BCUT2D eigenvalue weighted by molar-refractivity contribution is -0.146. The molecule has 0 aromatic carbocycles. The van der Waals surface area contributed by atoms with Crippen molar-refractivity contribution in [1.82, 2.24) is 5.32 Å². The monoisotopic (exact) mass is 845 g/mol. The van der Waals surface area contributed by atoms with Gasteiger partial charge in [0.15, 0.2) is 0 Å².